The molecule has 0 spiro atoms. The summed E-state index contributed by atoms with van der Waals surface area (Å²) in [7, 11) is 0. The Hall–Kier alpha value is -1.08. The van der Waals surface area contributed by atoms with Gasteiger partial charge in [0.2, 0.25) is 0 Å². The van der Waals surface area contributed by atoms with Crippen molar-refractivity contribution in [3.8, 4) is 0 Å². The van der Waals surface area contributed by atoms with Gasteiger partial charge in [-0.15, -0.1) is 11.3 Å². The van der Waals surface area contributed by atoms with Crippen molar-refractivity contribution >= 4 is 11.3 Å². The molecule has 0 N–H and O–H groups in total. The quantitative estimate of drug-likeness (QED) is 0.662. The van der Waals surface area contributed by atoms with E-state index in [2.05, 4.69) is 51.1 Å². The highest BCUT2D eigenvalue weighted by molar-refractivity contribution is 7.12. The summed E-state index contributed by atoms with van der Waals surface area (Å²) in [6.45, 7) is 6.72. The fourth-order valence-electron chi connectivity index (χ4n) is 3.37. The van der Waals surface area contributed by atoms with Crippen LogP contribution in [-0.4, -0.2) is 0 Å². The lowest BCUT2D eigenvalue weighted by Crippen LogP contribution is -1.97. The van der Waals surface area contributed by atoms with Crippen molar-refractivity contribution in [3.63, 3.8) is 0 Å². The molecule has 0 saturated heterocycles. The molecule has 0 nitrogen and oxygen atoms in total. The van der Waals surface area contributed by atoms with Crippen LogP contribution in [0.3, 0.4) is 0 Å². The van der Waals surface area contributed by atoms with Crippen LogP contribution in [-0.2, 0) is 0 Å². The second-order valence-corrected chi connectivity index (χ2v) is 7.15. The highest BCUT2D eigenvalue weighted by Gasteiger charge is 2.33. The Kier molecular flexibility index (Phi) is 3.49. The number of hydrogen-bond acceptors (Lipinski definition) is 1. The predicted molar refractivity (Wildman–Crippen MR) is 84.3 cm³/mol. The van der Waals surface area contributed by atoms with Crippen LogP contribution in [0.25, 0.3) is 0 Å². The number of hydrogen-bond donors (Lipinski definition) is 0. The van der Waals surface area contributed by atoms with Crippen LogP contribution in [0.4, 0.5) is 0 Å². The minimum Gasteiger partial charge on any atom is -0.145 e. The maximum absolute atomic E-state index is 2.43. The molecule has 0 radical (unpaired) electrons. The number of fused-ring (bicyclic) bond motifs is 1. The summed E-state index contributed by atoms with van der Waals surface area (Å²) in [4.78, 5) is 3.15. The summed E-state index contributed by atoms with van der Waals surface area (Å²) >= 11 is 2.03. The van der Waals surface area contributed by atoms with Gasteiger partial charge in [0.15, 0.2) is 0 Å². The Labute approximate surface area is 120 Å². The lowest BCUT2D eigenvalue weighted by atomic mass is 9.91. The van der Waals surface area contributed by atoms with E-state index < -0.39 is 0 Å². The first-order valence-corrected chi connectivity index (χ1v) is 8.17. The Balaban J connectivity index is 1.97. The Morgan fingerprint density at radius 1 is 1.16 bits per heavy atom. The van der Waals surface area contributed by atoms with E-state index >= 15 is 0 Å². The summed E-state index contributed by atoms with van der Waals surface area (Å²) in [5.41, 5.74) is 4.47. The number of rotatable bonds is 3. The van der Waals surface area contributed by atoms with E-state index in [1.165, 1.54) is 35.3 Å². The van der Waals surface area contributed by atoms with Gasteiger partial charge in [0.05, 0.1) is 0 Å². The second kappa shape index (κ2) is 5.13. The van der Waals surface area contributed by atoms with Crippen LogP contribution < -0.4 is 0 Å². The third-order valence-corrected chi connectivity index (χ3v) is 5.53. The Morgan fingerprint density at radius 2 is 1.89 bits per heavy atom. The van der Waals surface area contributed by atoms with E-state index in [9.17, 15) is 0 Å². The Morgan fingerprint density at radius 3 is 2.58 bits per heavy atom. The molecule has 100 valence electrons. The molecule has 3 rings (SSSR count). The van der Waals surface area contributed by atoms with Crippen LogP contribution in [0.2, 0.25) is 0 Å². The van der Waals surface area contributed by atoms with Gasteiger partial charge in [-0.05, 0) is 49.8 Å². The topological polar surface area (TPSA) is 0 Å². The van der Waals surface area contributed by atoms with Gasteiger partial charge in [-0.25, -0.2) is 0 Å². The zero-order chi connectivity index (χ0) is 13.4. The molecule has 1 aliphatic carbocycles. The van der Waals surface area contributed by atoms with E-state index in [4.69, 9.17) is 0 Å². The van der Waals surface area contributed by atoms with Crippen molar-refractivity contribution in [2.45, 2.75) is 51.9 Å². The fourth-order valence-corrected chi connectivity index (χ4v) is 4.61. The molecule has 0 unspecified atom stereocenters. The SMILES string of the molecule is CCC[C@@H]1C[C@@H](c2ccc(C)cc2)c2cc(C)sc21. The molecule has 1 heterocycles. The smallest absolute Gasteiger partial charge is 0.0118 e. The lowest BCUT2D eigenvalue weighted by Gasteiger charge is -2.13. The van der Waals surface area contributed by atoms with Gasteiger partial charge in [-0.1, -0.05) is 43.2 Å². The first-order chi connectivity index (χ1) is 9.19. The first kappa shape index (κ1) is 12.9. The van der Waals surface area contributed by atoms with Crippen molar-refractivity contribution < 1.29 is 0 Å². The minimum atomic E-state index is 0.636. The lowest BCUT2D eigenvalue weighted by molar-refractivity contribution is 0.586. The average Bonchev–Trinajstić information content (AvgIpc) is 2.90. The van der Waals surface area contributed by atoms with Gasteiger partial charge in [-0.3, -0.25) is 0 Å². The fraction of sp³-hybridized carbons (Fsp3) is 0.444. The van der Waals surface area contributed by atoms with Gasteiger partial charge < -0.3 is 0 Å². The highest BCUT2D eigenvalue weighted by atomic mass is 32.1. The molecule has 0 bridgehead atoms. The summed E-state index contributed by atoms with van der Waals surface area (Å²) in [5.74, 6) is 1.43. The van der Waals surface area contributed by atoms with Crippen molar-refractivity contribution in [3.05, 3.63) is 56.8 Å². The maximum atomic E-state index is 2.43. The van der Waals surface area contributed by atoms with Crippen LogP contribution >= 0.6 is 11.3 Å². The maximum Gasteiger partial charge on any atom is 0.0118 e. The Bertz CT molecular complexity index is 562. The molecule has 1 heteroatoms. The first-order valence-electron chi connectivity index (χ1n) is 7.35. The van der Waals surface area contributed by atoms with E-state index in [0.29, 0.717) is 5.92 Å². The molecule has 0 fully saturated rings. The van der Waals surface area contributed by atoms with Crippen molar-refractivity contribution in [1.29, 1.82) is 0 Å². The normalized spacial score (nSPS) is 21.6. The van der Waals surface area contributed by atoms with Crippen molar-refractivity contribution in [2.75, 3.05) is 0 Å². The van der Waals surface area contributed by atoms with Gasteiger partial charge >= 0.3 is 0 Å². The molecule has 0 aliphatic heterocycles. The monoisotopic (exact) mass is 270 g/mol. The molecular weight excluding hydrogens is 248 g/mol. The van der Waals surface area contributed by atoms with Gasteiger partial charge in [0.25, 0.3) is 0 Å². The zero-order valence-electron chi connectivity index (χ0n) is 12.1. The largest absolute Gasteiger partial charge is 0.145 e. The van der Waals surface area contributed by atoms with E-state index in [0.717, 1.165) is 5.92 Å². The van der Waals surface area contributed by atoms with Crippen molar-refractivity contribution in [1.82, 2.24) is 0 Å². The zero-order valence-corrected chi connectivity index (χ0v) is 12.9. The third kappa shape index (κ3) is 2.36. The van der Waals surface area contributed by atoms with Crippen LogP contribution in [0.1, 0.15) is 64.5 Å². The van der Waals surface area contributed by atoms with E-state index in [1.54, 1.807) is 10.4 Å². The predicted octanol–water partition coefficient (Wildman–Crippen LogP) is 5.78. The summed E-state index contributed by atoms with van der Waals surface area (Å²) in [6, 6.07) is 11.6. The number of aryl methyl sites for hydroxylation is 2. The van der Waals surface area contributed by atoms with Crippen molar-refractivity contribution in [2.24, 2.45) is 0 Å². The van der Waals surface area contributed by atoms with Crippen LogP contribution in [0.5, 0.6) is 0 Å². The minimum absolute atomic E-state index is 0.636. The van der Waals surface area contributed by atoms with Gasteiger partial charge in [-0.2, -0.15) is 0 Å². The van der Waals surface area contributed by atoms with Crippen LogP contribution in [0, 0.1) is 13.8 Å². The van der Waals surface area contributed by atoms with E-state index in [1.807, 2.05) is 11.3 Å². The summed E-state index contributed by atoms with van der Waals surface area (Å²) < 4.78 is 0. The van der Waals surface area contributed by atoms with Gasteiger partial charge in [0.1, 0.15) is 0 Å². The second-order valence-electron chi connectivity index (χ2n) is 5.86. The molecular formula is C18H22S. The molecule has 2 aromatic rings. The summed E-state index contributed by atoms with van der Waals surface area (Å²) in [6.07, 6.45) is 3.95. The molecule has 0 saturated carbocycles. The third-order valence-electron chi connectivity index (χ3n) is 4.30. The molecule has 1 aromatic carbocycles. The van der Waals surface area contributed by atoms with Crippen LogP contribution in [0.15, 0.2) is 30.3 Å². The highest BCUT2D eigenvalue weighted by Crippen LogP contribution is 2.50. The number of benzene rings is 1. The molecule has 2 atom stereocenters. The standard InChI is InChI=1S/C18H22S/c1-4-5-15-11-16(14-8-6-12(2)7-9-14)17-10-13(3)19-18(15)17/h6-10,15-16H,4-5,11H2,1-3H3/t15-,16+/m1/s1. The summed E-state index contributed by atoms with van der Waals surface area (Å²) in [5, 5.41) is 0. The number of thiophene rings is 1. The molecule has 19 heavy (non-hydrogen) atoms. The molecule has 0 amide bonds. The molecule has 1 aliphatic rings. The average molecular weight is 270 g/mol. The van der Waals surface area contributed by atoms with Gasteiger partial charge in [0, 0.05) is 15.7 Å². The molecule has 1 aromatic heterocycles. The van der Waals surface area contributed by atoms with E-state index in [-0.39, 0.29) is 0 Å².